The molecule has 0 radical (unpaired) electrons. The Hall–Kier alpha value is -1.77. The summed E-state index contributed by atoms with van der Waals surface area (Å²) in [5, 5.41) is 6.57. The predicted molar refractivity (Wildman–Crippen MR) is 90.4 cm³/mol. The Morgan fingerprint density at radius 1 is 1.40 bits per heavy atom. The van der Waals surface area contributed by atoms with Gasteiger partial charge in [0.05, 0.1) is 17.7 Å². The maximum absolute atomic E-state index is 13.4. The largest absolute Gasteiger partial charge is 0.381 e. The Balaban J connectivity index is 1.44. The fourth-order valence-electron chi connectivity index (χ4n) is 2.46. The number of halogens is 2. The summed E-state index contributed by atoms with van der Waals surface area (Å²) in [7, 11) is 0. The Labute approximate surface area is 152 Å². The van der Waals surface area contributed by atoms with Crippen LogP contribution in [-0.4, -0.2) is 30.8 Å². The number of rotatable bonds is 7. The van der Waals surface area contributed by atoms with E-state index in [9.17, 15) is 9.18 Å². The Morgan fingerprint density at radius 2 is 2.28 bits per heavy atom. The molecule has 25 heavy (non-hydrogen) atoms. The second kappa shape index (κ2) is 8.55. The van der Waals surface area contributed by atoms with Crippen LogP contribution in [0.15, 0.2) is 33.3 Å². The quantitative estimate of drug-likeness (QED) is 0.756. The molecule has 2 heterocycles. The van der Waals surface area contributed by atoms with E-state index in [0.717, 1.165) is 13.0 Å². The average molecular weight is 413 g/mol. The topological polar surface area (TPSA) is 73.6 Å². The van der Waals surface area contributed by atoms with E-state index in [-0.39, 0.29) is 30.6 Å². The summed E-state index contributed by atoms with van der Waals surface area (Å²) in [6.45, 7) is 2.36. The van der Waals surface area contributed by atoms with Crippen molar-refractivity contribution in [3.05, 3.63) is 51.6 Å². The molecule has 0 spiro atoms. The lowest BCUT2D eigenvalue weighted by Crippen LogP contribution is -2.29. The van der Waals surface area contributed by atoms with E-state index < -0.39 is 0 Å². The van der Waals surface area contributed by atoms with Crippen molar-refractivity contribution in [3.63, 3.8) is 0 Å². The van der Waals surface area contributed by atoms with Crippen LogP contribution in [0, 0.1) is 11.7 Å². The number of aromatic nitrogens is 1. The van der Waals surface area contributed by atoms with Crippen LogP contribution in [0.3, 0.4) is 0 Å². The summed E-state index contributed by atoms with van der Waals surface area (Å²) in [5.41, 5.74) is 0.921. The molecule has 1 saturated heterocycles. The molecule has 0 aliphatic carbocycles. The van der Waals surface area contributed by atoms with Crippen LogP contribution in [0.25, 0.3) is 0 Å². The van der Waals surface area contributed by atoms with Gasteiger partial charge in [-0.2, -0.15) is 0 Å². The third kappa shape index (κ3) is 5.10. The third-order valence-electron chi connectivity index (χ3n) is 3.86. The van der Waals surface area contributed by atoms with Crippen LogP contribution in [0.1, 0.15) is 28.2 Å². The SMILES string of the molecule is O=C(NCC1CCOC1)c1cc(COCc2ccc(Br)c(F)c2)on1. The highest BCUT2D eigenvalue weighted by Crippen LogP contribution is 2.17. The van der Waals surface area contributed by atoms with Crippen LogP contribution in [0.2, 0.25) is 0 Å². The van der Waals surface area contributed by atoms with Crippen molar-refractivity contribution in [2.45, 2.75) is 19.6 Å². The molecule has 3 rings (SSSR count). The van der Waals surface area contributed by atoms with E-state index in [2.05, 4.69) is 26.4 Å². The van der Waals surface area contributed by atoms with Gasteiger partial charge in [0.25, 0.3) is 5.91 Å². The van der Waals surface area contributed by atoms with Gasteiger partial charge in [0, 0.05) is 25.1 Å². The van der Waals surface area contributed by atoms with Crippen molar-refractivity contribution in [1.29, 1.82) is 0 Å². The van der Waals surface area contributed by atoms with Crippen molar-refractivity contribution < 1.29 is 23.2 Å². The van der Waals surface area contributed by atoms with Gasteiger partial charge in [-0.3, -0.25) is 4.79 Å². The molecule has 1 unspecified atom stereocenters. The van der Waals surface area contributed by atoms with Crippen molar-refractivity contribution in [1.82, 2.24) is 10.5 Å². The minimum absolute atomic E-state index is 0.147. The number of amides is 1. The molecule has 2 aromatic rings. The molecule has 1 aliphatic rings. The predicted octanol–water partition coefficient (Wildman–Crippen LogP) is 3.06. The molecular formula is C17H18BrFN2O4. The molecule has 0 saturated carbocycles. The lowest BCUT2D eigenvalue weighted by molar-refractivity contribution is 0.0875. The lowest BCUT2D eigenvalue weighted by Gasteiger charge is -2.07. The van der Waals surface area contributed by atoms with Gasteiger partial charge in [0.1, 0.15) is 12.4 Å². The van der Waals surface area contributed by atoms with Crippen LogP contribution in [0.4, 0.5) is 4.39 Å². The van der Waals surface area contributed by atoms with Gasteiger partial charge in [0.15, 0.2) is 11.5 Å². The molecule has 1 aromatic heterocycles. The molecule has 1 fully saturated rings. The summed E-state index contributed by atoms with van der Waals surface area (Å²) in [6, 6.07) is 6.33. The van der Waals surface area contributed by atoms with Crippen LogP contribution in [0.5, 0.6) is 0 Å². The van der Waals surface area contributed by atoms with Crippen molar-refractivity contribution in [2.24, 2.45) is 5.92 Å². The Bertz CT molecular complexity index is 731. The minimum atomic E-state index is -0.340. The number of carbonyl (C=O) groups excluding carboxylic acids is 1. The molecule has 134 valence electrons. The molecule has 6 nitrogen and oxygen atoms in total. The van der Waals surface area contributed by atoms with Crippen molar-refractivity contribution in [2.75, 3.05) is 19.8 Å². The van der Waals surface area contributed by atoms with Gasteiger partial charge in [-0.1, -0.05) is 11.2 Å². The van der Waals surface area contributed by atoms with E-state index in [4.69, 9.17) is 14.0 Å². The minimum Gasteiger partial charge on any atom is -0.381 e. The van der Waals surface area contributed by atoms with Gasteiger partial charge >= 0.3 is 0 Å². The zero-order chi connectivity index (χ0) is 17.6. The van der Waals surface area contributed by atoms with E-state index >= 15 is 0 Å². The first kappa shape index (κ1) is 18.0. The first-order valence-electron chi connectivity index (χ1n) is 7.95. The van der Waals surface area contributed by atoms with Crippen molar-refractivity contribution >= 4 is 21.8 Å². The molecular weight excluding hydrogens is 395 g/mol. The number of nitrogens with one attached hydrogen (secondary N) is 1. The molecule has 1 aliphatic heterocycles. The number of ether oxygens (including phenoxy) is 2. The van der Waals surface area contributed by atoms with Gasteiger partial charge in [-0.05, 0) is 40.0 Å². The number of hydrogen-bond donors (Lipinski definition) is 1. The third-order valence-corrected chi connectivity index (χ3v) is 4.51. The van der Waals surface area contributed by atoms with E-state index in [1.165, 1.54) is 6.07 Å². The number of benzene rings is 1. The van der Waals surface area contributed by atoms with Crippen LogP contribution >= 0.6 is 15.9 Å². The molecule has 8 heteroatoms. The molecule has 1 N–H and O–H groups in total. The maximum atomic E-state index is 13.4. The summed E-state index contributed by atoms with van der Waals surface area (Å²) in [4.78, 5) is 12.0. The van der Waals surface area contributed by atoms with E-state index in [0.29, 0.717) is 34.9 Å². The highest BCUT2D eigenvalue weighted by Gasteiger charge is 2.18. The van der Waals surface area contributed by atoms with Crippen LogP contribution in [-0.2, 0) is 22.7 Å². The van der Waals surface area contributed by atoms with E-state index in [1.807, 2.05) is 0 Å². The second-order valence-electron chi connectivity index (χ2n) is 5.86. The normalized spacial score (nSPS) is 17.0. The lowest BCUT2D eigenvalue weighted by atomic mass is 10.1. The summed E-state index contributed by atoms with van der Waals surface area (Å²) >= 11 is 3.10. The second-order valence-corrected chi connectivity index (χ2v) is 6.71. The zero-order valence-electron chi connectivity index (χ0n) is 13.5. The maximum Gasteiger partial charge on any atom is 0.273 e. The fraction of sp³-hybridized carbons (Fsp3) is 0.412. The molecule has 1 amide bonds. The number of nitrogens with zero attached hydrogens (tertiary/aromatic N) is 1. The smallest absolute Gasteiger partial charge is 0.273 e. The Kier molecular flexibility index (Phi) is 6.17. The first-order valence-corrected chi connectivity index (χ1v) is 8.74. The van der Waals surface area contributed by atoms with Crippen molar-refractivity contribution in [3.8, 4) is 0 Å². The van der Waals surface area contributed by atoms with Crippen LogP contribution < -0.4 is 5.32 Å². The molecule has 0 bridgehead atoms. The summed E-state index contributed by atoms with van der Waals surface area (Å²) in [6.07, 6.45) is 0.953. The highest BCUT2D eigenvalue weighted by molar-refractivity contribution is 9.10. The average Bonchev–Trinajstić information content (AvgIpc) is 3.28. The summed E-state index contributed by atoms with van der Waals surface area (Å²) < 4.78 is 29.7. The summed E-state index contributed by atoms with van der Waals surface area (Å²) in [5.74, 6) is 0.168. The zero-order valence-corrected chi connectivity index (χ0v) is 15.1. The molecule has 1 atom stereocenters. The van der Waals surface area contributed by atoms with E-state index in [1.54, 1.807) is 18.2 Å². The number of carbonyl (C=O) groups is 1. The molecule has 1 aromatic carbocycles. The Morgan fingerprint density at radius 3 is 3.04 bits per heavy atom. The van der Waals surface area contributed by atoms with Gasteiger partial charge in [-0.15, -0.1) is 0 Å². The standard InChI is InChI=1S/C17H18BrFN2O4/c18-14-2-1-11(5-15(14)19)8-24-10-13-6-16(21-25-13)17(22)20-7-12-3-4-23-9-12/h1-2,5-6,12H,3-4,7-10H2,(H,20,22). The highest BCUT2D eigenvalue weighted by atomic mass is 79.9. The number of hydrogen-bond acceptors (Lipinski definition) is 5. The fourth-order valence-corrected chi connectivity index (χ4v) is 2.71. The monoisotopic (exact) mass is 412 g/mol. The van der Waals surface area contributed by atoms with Gasteiger partial charge < -0.3 is 19.3 Å². The van der Waals surface area contributed by atoms with Gasteiger partial charge in [-0.25, -0.2) is 4.39 Å². The first-order chi connectivity index (χ1) is 12.1. The van der Waals surface area contributed by atoms with Gasteiger partial charge in [0.2, 0.25) is 0 Å².